The average molecular weight is 571 g/mol. The number of carbonyl (C=O) groups is 2. The molecule has 6 N–H and O–H groups in total. The monoisotopic (exact) mass is 570 g/mol. The van der Waals surface area contributed by atoms with Gasteiger partial charge >= 0.3 is 6.18 Å². The van der Waals surface area contributed by atoms with Gasteiger partial charge in [-0.2, -0.15) is 13.2 Å². The number of aromatic nitrogens is 3. The minimum Gasteiger partial charge on any atom is -0.396 e. The third kappa shape index (κ3) is 6.65. The van der Waals surface area contributed by atoms with Gasteiger partial charge in [0.25, 0.3) is 5.91 Å². The number of nitrogens with one attached hydrogen (secondary N) is 2. The molecule has 2 aromatic heterocycles. The number of benzene rings is 2. The van der Waals surface area contributed by atoms with Gasteiger partial charge in [-0.1, -0.05) is 17.4 Å². The van der Waals surface area contributed by atoms with Gasteiger partial charge in [0.05, 0.1) is 33.8 Å². The first-order chi connectivity index (χ1) is 18.8. The molecule has 0 aliphatic heterocycles. The molecule has 40 heavy (non-hydrogen) atoms. The van der Waals surface area contributed by atoms with Crippen molar-refractivity contribution in [1.82, 2.24) is 14.5 Å². The second-order valence-corrected chi connectivity index (χ2v) is 9.88. The zero-order valence-electron chi connectivity index (χ0n) is 21.6. The fourth-order valence-electron chi connectivity index (χ4n) is 3.69. The van der Waals surface area contributed by atoms with Crippen molar-refractivity contribution in [2.45, 2.75) is 26.9 Å². The zero-order chi connectivity index (χ0) is 29.2. The van der Waals surface area contributed by atoms with Gasteiger partial charge < -0.3 is 20.9 Å². The molecule has 2 heterocycles. The Morgan fingerprint density at radius 3 is 2.50 bits per heavy atom. The molecule has 0 saturated carbocycles. The van der Waals surface area contributed by atoms with Crippen molar-refractivity contribution in [3.63, 3.8) is 0 Å². The Balaban J connectivity index is 1.59. The molecule has 0 atom stereocenters. The number of halogens is 3. The first kappa shape index (κ1) is 28.3. The number of carbonyl (C=O) groups excluding carboxylic acids is 2. The molecular formula is C26H25F3N8O2S. The van der Waals surface area contributed by atoms with Crippen LogP contribution < -0.4 is 27.2 Å². The number of hydrazine groups is 1. The molecule has 0 unspecified atom stereocenters. The maximum Gasteiger partial charge on any atom is 0.416 e. The molecule has 0 bridgehead atoms. The molecule has 10 nitrogen and oxygen atoms in total. The van der Waals surface area contributed by atoms with Gasteiger partial charge in [0.15, 0.2) is 5.13 Å². The maximum atomic E-state index is 13.6. The lowest BCUT2D eigenvalue weighted by Gasteiger charge is -2.19. The highest BCUT2D eigenvalue weighted by atomic mass is 32.1. The summed E-state index contributed by atoms with van der Waals surface area (Å²) in [6, 6.07) is 7.95. The van der Waals surface area contributed by atoms with E-state index >= 15 is 0 Å². The summed E-state index contributed by atoms with van der Waals surface area (Å²) in [5.74, 6) is 5.31. The van der Waals surface area contributed by atoms with E-state index < -0.39 is 17.6 Å². The summed E-state index contributed by atoms with van der Waals surface area (Å²) in [6.07, 6.45) is 1.26. The van der Waals surface area contributed by atoms with Crippen LogP contribution in [0, 0.1) is 13.8 Å². The van der Waals surface area contributed by atoms with Gasteiger partial charge in [0, 0.05) is 42.5 Å². The largest absolute Gasteiger partial charge is 0.416 e. The Kier molecular flexibility index (Phi) is 7.93. The minimum atomic E-state index is -4.63. The van der Waals surface area contributed by atoms with Gasteiger partial charge in [0.2, 0.25) is 5.91 Å². The Morgan fingerprint density at radius 1 is 1.10 bits per heavy atom. The summed E-state index contributed by atoms with van der Waals surface area (Å²) in [7, 11) is 0. The lowest BCUT2D eigenvalue weighted by Crippen LogP contribution is -2.27. The van der Waals surface area contributed by atoms with Crippen LogP contribution in [-0.2, 0) is 11.0 Å². The van der Waals surface area contributed by atoms with Crippen LogP contribution in [-0.4, -0.2) is 26.3 Å². The molecule has 0 aliphatic rings. The van der Waals surface area contributed by atoms with Crippen molar-refractivity contribution in [2.24, 2.45) is 11.6 Å². The van der Waals surface area contributed by atoms with Crippen LogP contribution in [0.25, 0.3) is 11.4 Å². The van der Waals surface area contributed by atoms with Crippen molar-refractivity contribution in [3.8, 4) is 5.69 Å². The minimum absolute atomic E-state index is 0.0442. The van der Waals surface area contributed by atoms with Crippen molar-refractivity contribution >= 4 is 45.4 Å². The number of aryl methyl sites for hydroxylation is 2. The third-order valence-corrected chi connectivity index (χ3v) is 6.58. The zero-order valence-corrected chi connectivity index (χ0v) is 22.4. The van der Waals surface area contributed by atoms with Crippen LogP contribution >= 0.6 is 11.3 Å². The quantitative estimate of drug-likeness (QED) is 0.184. The molecule has 14 heteroatoms. The number of nitrogens with zero attached hydrogens (tertiary/aromatic N) is 4. The van der Waals surface area contributed by atoms with Gasteiger partial charge in [-0.05, 0) is 49.7 Å². The normalized spacial score (nSPS) is 11.8. The van der Waals surface area contributed by atoms with Gasteiger partial charge in [-0.15, -0.1) is 0 Å². The van der Waals surface area contributed by atoms with Crippen molar-refractivity contribution in [2.75, 3.05) is 15.6 Å². The third-order valence-electron chi connectivity index (χ3n) is 5.61. The smallest absolute Gasteiger partial charge is 0.396 e. The number of thiazole rings is 1. The molecule has 4 aromatic rings. The molecule has 2 aromatic carbocycles. The van der Waals surface area contributed by atoms with Crippen LogP contribution in [0.5, 0.6) is 0 Å². The lowest BCUT2D eigenvalue weighted by atomic mass is 10.1. The highest BCUT2D eigenvalue weighted by Crippen LogP contribution is 2.33. The van der Waals surface area contributed by atoms with Gasteiger partial charge in [0.1, 0.15) is 0 Å². The van der Waals surface area contributed by atoms with E-state index in [1.807, 2.05) is 0 Å². The SMILES string of the molecule is CC(=O)Nc1ncc(/C(N)=C/N(N)c2cc(C(=O)Nc3cc(-n4cnc(C)c4)cc(C(F)(F)F)c3)ccc2C)s1. The number of alkyl halides is 3. The van der Waals surface area contributed by atoms with Crippen molar-refractivity contribution in [3.05, 3.63) is 88.6 Å². The van der Waals surface area contributed by atoms with E-state index in [1.54, 1.807) is 26.1 Å². The molecule has 4 rings (SSSR count). The summed E-state index contributed by atoms with van der Waals surface area (Å²) < 4.78 is 42.3. The highest BCUT2D eigenvalue weighted by molar-refractivity contribution is 7.16. The topological polar surface area (TPSA) is 144 Å². The molecule has 0 aliphatic carbocycles. The molecule has 208 valence electrons. The Morgan fingerprint density at radius 2 is 1.85 bits per heavy atom. The molecule has 0 spiro atoms. The van der Waals surface area contributed by atoms with Crippen LogP contribution in [0.2, 0.25) is 0 Å². The fourth-order valence-corrected chi connectivity index (χ4v) is 4.47. The molecular weight excluding hydrogens is 545 g/mol. The van der Waals surface area contributed by atoms with Crippen LogP contribution in [0.1, 0.15) is 39.0 Å². The molecule has 0 saturated heterocycles. The lowest BCUT2D eigenvalue weighted by molar-refractivity contribution is -0.137. The maximum absolute atomic E-state index is 13.6. The van der Waals surface area contributed by atoms with Crippen molar-refractivity contribution in [1.29, 1.82) is 0 Å². The summed E-state index contributed by atoms with van der Waals surface area (Å²) in [4.78, 5) is 33.0. The molecule has 2 amide bonds. The van der Waals surface area contributed by atoms with E-state index in [0.29, 0.717) is 27.0 Å². The van der Waals surface area contributed by atoms with Crippen molar-refractivity contribution < 1.29 is 22.8 Å². The van der Waals surface area contributed by atoms with Crippen LogP contribution in [0.15, 0.2) is 61.3 Å². The highest BCUT2D eigenvalue weighted by Gasteiger charge is 2.31. The summed E-state index contributed by atoms with van der Waals surface area (Å²) in [5, 5.41) is 6.71. The van der Waals surface area contributed by atoms with E-state index in [-0.39, 0.29) is 28.5 Å². The van der Waals surface area contributed by atoms with E-state index in [2.05, 4.69) is 20.6 Å². The Bertz CT molecular complexity index is 1610. The second-order valence-electron chi connectivity index (χ2n) is 8.85. The van der Waals surface area contributed by atoms with Crippen LogP contribution in [0.4, 0.5) is 29.7 Å². The first-order valence-corrected chi connectivity index (χ1v) is 12.5. The molecule has 0 fully saturated rings. The van der Waals surface area contributed by atoms with Crippen LogP contribution in [0.3, 0.4) is 0 Å². The number of rotatable bonds is 7. The Labute approximate surface area is 231 Å². The number of anilines is 3. The van der Waals surface area contributed by atoms with Gasteiger partial charge in [-0.25, -0.2) is 15.8 Å². The molecule has 0 radical (unpaired) electrons. The standard InChI is InChI=1S/C26H25F3N8O2S/c1-14-4-5-17(6-22(14)37(31)12-21(30)23-10-32-25(40-23)34-16(3)38)24(39)35-19-7-18(26(27,28)29)8-20(9-19)36-11-15(2)33-13-36/h4-13H,30-31H2,1-3H3,(H,35,39)(H,32,34,38)/b21-12-. The van der Waals surface area contributed by atoms with Gasteiger partial charge in [-0.3, -0.25) is 14.6 Å². The summed E-state index contributed by atoms with van der Waals surface area (Å²) in [5.41, 5.74) is 7.57. The average Bonchev–Trinajstić information content (AvgIpc) is 3.52. The second kappa shape index (κ2) is 11.2. The summed E-state index contributed by atoms with van der Waals surface area (Å²) in [6.45, 7) is 4.85. The van der Waals surface area contributed by atoms with E-state index in [1.165, 1.54) is 53.4 Å². The number of nitrogens with two attached hydrogens (primary N) is 2. The predicted octanol–water partition coefficient (Wildman–Crippen LogP) is 4.81. The van der Waals surface area contributed by atoms with E-state index in [0.717, 1.165) is 23.5 Å². The first-order valence-electron chi connectivity index (χ1n) is 11.7. The summed E-state index contributed by atoms with van der Waals surface area (Å²) >= 11 is 1.16. The fraction of sp³-hybridized carbons (Fsp3) is 0.154. The Hall–Kier alpha value is -4.69. The number of imidazole rings is 1. The van der Waals surface area contributed by atoms with E-state index in [9.17, 15) is 22.8 Å². The number of hydrogen-bond acceptors (Lipinski definition) is 8. The number of hydrogen-bond donors (Lipinski definition) is 4. The predicted molar refractivity (Wildman–Crippen MR) is 148 cm³/mol. The van der Waals surface area contributed by atoms with E-state index in [4.69, 9.17) is 11.6 Å². The number of amides is 2.